The van der Waals surface area contributed by atoms with Gasteiger partial charge < -0.3 is 9.26 Å². The number of rotatable bonds is 6. The smallest absolute Gasteiger partial charge is 0.424 e. The van der Waals surface area contributed by atoms with Gasteiger partial charge in [-0.3, -0.25) is 0 Å². The van der Waals surface area contributed by atoms with Gasteiger partial charge in [-0.15, -0.1) is 0 Å². The van der Waals surface area contributed by atoms with Gasteiger partial charge in [0.15, 0.2) is 0 Å². The second-order valence-corrected chi connectivity index (χ2v) is 14.8. The highest BCUT2D eigenvalue weighted by molar-refractivity contribution is 8.10. The third-order valence-corrected chi connectivity index (χ3v) is 8.32. The summed E-state index contributed by atoms with van der Waals surface area (Å²) in [5.41, 5.74) is 2.46. The maximum atomic E-state index is 13.6. The molecule has 1 aliphatic carbocycles. The van der Waals surface area contributed by atoms with Crippen molar-refractivity contribution in [2.24, 2.45) is 0 Å². The van der Waals surface area contributed by atoms with Gasteiger partial charge in [-0.2, -0.15) is 4.31 Å². The lowest BCUT2D eigenvalue weighted by molar-refractivity contribution is 0.0329. The van der Waals surface area contributed by atoms with Crippen LogP contribution in [0.1, 0.15) is 43.9 Å². The molecular weight excluding hydrogens is 500 g/mol. The van der Waals surface area contributed by atoms with E-state index >= 15 is 0 Å². The second kappa shape index (κ2) is 10.6. The molecule has 3 unspecified atom stereocenters. The van der Waals surface area contributed by atoms with Gasteiger partial charge in [0.1, 0.15) is 5.60 Å². The number of carbonyl (C=O) groups is 1. The van der Waals surface area contributed by atoms with Gasteiger partial charge in [-0.1, -0.05) is 38.7 Å². The first kappa shape index (κ1) is 26.4. The number of ether oxygens (including phenoxy) is 1. The Labute approximate surface area is 205 Å². The summed E-state index contributed by atoms with van der Waals surface area (Å²) in [5.74, 6) is 0. The monoisotopic (exact) mass is 529 g/mol. The van der Waals surface area contributed by atoms with Crippen LogP contribution in [0.5, 0.6) is 0 Å². The number of sulfonamides is 1. The number of halogens is 1. The van der Waals surface area contributed by atoms with E-state index in [4.69, 9.17) is 20.9 Å². The van der Waals surface area contributed by atoms with Crippen molar-refractivity contribution in [1.82, 2.24) is 4.31 Å². The first-order valence-corrected chi connectivity index (χ1v) is 15.8. The van der Waals surface area contributed by atoms with Gasteiger partial charge >= 0.3 is 6.09 Å². The summed E-state index contributed by atoms with van der Waals surface area (Å²) in [4.78, 5) is 13.2. The van der Waals surface area contributed by atoms with E-state index in [2.05, 4.69) is 8.93 Å². The lowest BCUT2D eigenvalue weighted by Crippen LogP contribution is -2.49. The molecule has 0 aromatic heterocycles. The molecule has 0 saturated heterocycles. The zero-order valence-corrected chi connectivity index (χ0v) is 22.9. The van der Waals surface area contributed by atoms with Gasteiger partial charge in [-0.05, 0) is 87.7 Å². The molecule has 3 rings (SSSR count). The molecule has 180 valence electrons. The number of carbonyl (C=O) groups excluding carboxylic acids is 1. The Morgan fingerprint density at radius 1 is 1.21 bits per heavy atom. The summed E-state index contributed by atoms with van der Waals surface area (Å²) in [5, 5.41) is 0.417. The van der Waals surface area contributed by atoms with E-state index in [1.165, 1.54) is 29.8 Å². The van der Waals surface area contributed by atoms with Crippen molar-refractivity contribution in [2.45, 2.75) is 63.2 Å². The number of hydrogen-bond acceptors (Lipinski definition) is 5. The van der Waals surface area contributed by atoms with Crippen LogP contribution >= 0.6 is 28.4 Å². The summed E-state index contributed by atoms with van der Waals surface area (Å²) in [6, 6.07) is 11.2. The average Bonchev–Trinajstić information content (AvgIpc) is 2.70. The Morgan fingerprint density at radius 3 is 2.48 bits per heavy atom. The molecule has 1 aliphatic rings. The van der Waals surface area contributed by atoms with E-state index < -0.39 is 35.6 Å². The molecule has 3 atom stereocenters. The minimum atomic E-state index is -4.15. The van der Waals surface area contributed by atoms with Crippen LogP contribution in [0, 0.1) is 0 Å². The van der Waals surface area contributed by atoms with E-state index in [0.717, 1.165) is 15.4 Å². The highest BCUT2D eigenvalue weighted by Gasteiger charge is 2.40. The van der Waals surface area contributed by atoms with E-state index in [9.17, 15) is 13.2 Å². The largest absolute Gasteiger partial charge is 0.443 e. The van der Waals surface area contributed by atoms with Crippen LogP contribution in [0.2, 0.25) is 5.02 Å². The quantitative estimate of drug-likeness (QED) is 0.419. The fourth-order valence-corrected chi connectivity index (χ4v) is 6.05. The zero-order valence-electron chi connectivity index (χ0n) is 19.2. The zero-order chi connectivity index (χ0) is 24.4. The molecule has 0 N–H and O–H groups in total. The second-order valence-electron chi connectivity index (χ2n) is 9.01. The third-order valence-electron chi connectivity index (χ3n) is 5.25. The number of nitrogens with zero attached hydrogens (tertiary/aromatic N) is 1. The Morgan fingerprint density at radius 2 is 1.88 bits per heavy atom. The topological polar surface area (TPSA) is 72.9 Å². The van der Waals surface area contributed by atoms with Crippen molar-refractivity contribution in [3.05, 3.63) is 64.2 Å². The molecular formula is C23H30ClNO5P2S. The van der Waals surface area contributed by atoms with E-state index in [0.29, 0.717) is 30.9 Å². The van der Waals surface area contributed by atoms with E-state index in [1.54, 1.807) is 20.8 Å². The van der Waals surface area contributed by atoms with Gasteiger partial charge in [0.05, 0.1) is 17.5 Å². The van der Waals surface area contributed by atoms with Gasteiger partial charge in [-0.25, -0.2) is 13.2 Å². The molecule has 6 nitrogen and oxygen atoms in total. The SMILES string of the molecule is CP(P)OCc1cccc2c1CCC(N(C(=O)OC(C)(C)C)S(=O)(=O)c1ccc(Cl)cc1)C2. The first-order valence-electron chi connectivity index (χ1n) is 10.6. The van der Waals surface area contributed by atoms with Crippen molar-refractivity contribution in [2.75, 3.05) is 6.66 Å². The molecule has 0 bridgehead atoms. The summed E-state index contributed by atoms with van der Waals surface area (Å²) in [6.07, 6.45) is 0.687. The van der Waals surface area contributed by atoms with Crippen molar-refractivity contribution in [3.8, 4) is 0 Å². The Balaban J connectivity index is 1.96. The number of hydrogen-bond donors (Lipinski definition) is 0. The Hall–Kier alpha value is -1.23. The number of benzene rings is 2. The molecule has 0 saturated carbocycles. The fraction of sp³-hybridized carbons (Fsp3) is 0.435. The van der Waals surface area contributed by atoms with E-state index in [-0.39, 0.29) is 4.90 Å². The van der Waals surface area contributed by atoms with Crippen molar-refractivity contribution >= 4 is 44.5 Å². The van der Waals surface area contributed by atoms with Crippen LogP contribution in [0.15, 0.2) is 47.4 Å². The normalized spacial score (nSPS) is 17.2. The van der Waals surface area contributed by atoms with Gasteiger partial charge in [0, 0.05) is 12.9 Å². The van der Waals surface area contributed by atoms with Crippen LogP contribution in [0.4, 0.5) is 4.79 Å². The average molecular weight is 530 g/mol. The Bertz CT molecular complexity index is 1100. The van der Waals surface area contributed by atoms with Crippen molar-refractivity contribution in [3.63, 3.8) is 0 Å². The van der Waals surface area contributed by atoms with E-state index in [1.807, 2.05) is 24.9 Å². The molecule has 0 heterocycles. The fourth-order valence-electron chi connectivity index (χ4n) is 3.84. The third kappa shape index (κ3) is 6.68. The minimum Gasteiger partial charge on any atom is -0.443 e. The molecule has 2 aromatic rings. The Kier molecular flexibility index (Phi) is 8.46. The van der Waals surface area contributed by atoms with Crippen LogP contribution in [-0.2, 0) is 38.7 Å². The minimum absolute atomic E-state index is 0.00227. The summed E-state index contributed by atoms with van der Waals surface area (Å²) in [7, 11) is -2.03. The molecule has 0 fully saturated rings. The van der Waals surface area contributed by atoms with Gasteiger partial charge in [0.2, 0.25) is 0 Å². The van der Waals surface area contributed by atoms with Crippen molar-refractivity contribution in [1.29, 1.82) is 0 Å². The summed E-state index contributed by atoms with van der Waals surface area (Å²) < 4.78 is 39.4. The predicted molar refractivity (Wildman–Crippen MR) is 136 cm³/mol. The summed E-state index contributed by atoms with van der Waals surface area (Å²) in [6.45, 7) is 7.68. The molecule has 2 aromatic carbocycles. The molecule has 1 amide bonds. The van der Waals surface area contributed by atoms with Crippen molar-refractivity contribution < 1.29 is 22.5 Å². The van der Waals surface area contributed by atoms with Gasteiger partial charge in [0.25, 0.3) is 10.0 Å². The maximum Gasteiger partial charge on any atom is 0.424 e. The first-order chi connectivity index (χ1) is 15.4. The standard InChI is InChI=1S/C23H30ClNO5P2S/c1-23(2,3)30-22(26)25(33(27,28)20-11-8-18(24)9-12-20)19-10-13-21-16(14-19)6-5-7-17(21)15-29-32(4)31/h5-9,11-12,19H,10,13-15,31H2,1-4H3. The number of amides is 1. The lowest BCUT2D eigenvalue weighted by atomic mass is 9.85. The molecule has 33 heavy (non-hydrogen) atoms. The van der Waals surface area contributed by atoms with Crippen LogP contribution < -0.4 is 0 Å². The molecule has 0 radical (unpaired) electrons. The molecule has 10 heteroatoms. The highest BCUT2D eigenvalue weighted by atomic mass is 35.5. The molecule has 0 spiro atoms. The predicted octanol–water partition coefficient (Wildman–Crippen LogP) is 6.16. The molecule has 0 aliphatic heterocycles. The number of fused-ring (bicyclic) bond motifs is 1. The van der Waals surface area contributed by atoms with Crippen LogP contribution in [-0.4, -0.2) is 37.1 Å². The van der Waals surface area contributed by atoms with Crippen LogP contribution in [0.3, 0.4) is 0 Å². The lowest BCUT2D eigenvalue weighted by Gasteiger charge is -2.36. The summed E-state index contributed by atoms with van der Waals surface area (Å²) >= 11 is 5.95. The maximum absolute atomic E-state index is 13.6. The highest BCUT2D eigenvalue weighted by Crippen LogP contribution is 2.42. The van der Waals surface area contributed by atoms with Crippen LogP contribution in [0.25, 0.3) is 0 Å².